The number of nitrogens with one attached hydrogen (secondary N) is 1. The van der Waals surface area contributed by atoms with Crippen LogP contribution in [0.2, 0.25) is 0 Å². The highest BCUT2D eigenvalue weighted by Crippen LogP contribution is 2.16. The highest BCUT2D eigenvalue weighted by molar-refractivity contribution is 5.98. The average molecular weight is 367 g/mol. The van der Waals surface area contributed by atoms with Crippen LogP contribution in [-0.2, 0) is 13.1 Å². The predicted molar refractivity (Wildman–Crippen MR) is 101 cm³/mol. The zero-order chi connectivity index (χ0) is 18.6. The quantitative estimate of drug-likeness (QED) is 0.837. The van der Waals surface area contributed by atoms with E-state index in [9.17, 15) is 9.59 Å². The Bertz CT molecular complexity index is 811. The van der Waals surface area contributed by atoms with Gasteiger partial charge in [0, 0.05) is 32.2 Å². The molecule has 7 heteroatoms. The molecule has 27 heavy (non-hydrogen) atoms. The molecule has 0 unspecified atom stereocenters. The molecular formula is C20H25N5O2. The van der Waals surface area contributed by atoms with Gasteiger partial charge in [-0.1, -0.05) is 30.3 Å². The highest BCUT2D eigenvalue weighted by Gasteiger charge is 2.27. The molecule has 1 aromatic heterocycles. The summed E-state index contributed by atoms with van der Waals surface area (Å²) >= 11 is 0. The van der Waals surface area contributed by atoms with E-state index in [1.54, 1.807) is 15.6 Å². The molecule has 2 amide bonds. The molecule has 1 saturated heterocycles. The van der Waals surface area contributed by atoms with Gasteiger partial charge >= 0.3 is 0 Å². The lowest BCUT2D eigenvalue weighted by molar-refractivity contribution is 0.0683. The third-order valence-corrected chi connectivity index (χ3v) is 5.23. The number of carbonyl (C=O) groups is 2. The van der Waals surface area contributed by atoms with Crippen LogP contribution in [0.5, 0.6) is 0 Å². The molecule has 1 fully saturated rings. The number of aromatic nitrogens is 2. The van der Waals surface area contributed by atoms with Gasteiger partial charge in [-0.2, -0.15) is 5.10 Å². The van der Waals surface area contributed by atoms with Crippen molar-refractivity contribution in [2.75, 3.05) is 32.7 Å². The Labute approximate surface area is 158 Å². The molecular weight excluding hydrogens is 342 g/mol. The molecule has 0 bridgehead atoms. The molecule has 0 saturated carbocycles. The molecule has 0 spiro atoms. The van der Waals surface area contributed by atoms with Crippen molar-refractivity contribution in [3.05, 3.63) is 53.3 Å². The number of carbonyl (C=O) groups excluding carboxylic acids is 2. The second-order valence-corrected chi connectivity index (χ2v) is 7.15. The SMILES string of the molecule is O=C(NCCN1CCCC1)c1cc2n(n1)CCN(Cc1ccccc1)C2=O. The summed E-state index contributed by atoms with van der Waals surface area (Å²) in [5.74, 6) is -0.285. The van der Waals surface area contributed by atoms with Crippen molar-refractivity contribution < 1.29 is 9.59 Å². The second-order valence-electron chi connectivity index (χ2n) is 7.15. The maximum absolute atomic E-state index is 12.8. The van der Waals surface area contributed by atoms with E-state index in [2.05, 4.69) is 15.3 Å². The molecule has 4 rings (SSSR count). The first kappa shape index (κ1) is 17.7. The van der Waals surface area contributed by atoms with Crippen LogP contribution in [0.1, 0.15) is 39.4 Å². The maximum Gasteiger partial charge on any atom is 0.272 e. The summed E-state index contributed by atoms with van der Waals surface area (Å²) in [6.45, 7) is 5.47. The van der Waals surface area contributed by atoms with Crippen LogP contribution in [0.4, 0.5) is 0 Å². The van der Waals surface area contributed by atoms with Crippen LogP contribution in [0.3, 0.4) is 0 Å². The molecule has 1 aromatic carbocycles. The predicted octanol–water partition coefficient (Wildman–Crippen LogP) is 1.36. The molecule has 142 valence electrons. The summed E-state index contributed by atoms with van der Waals surface area (Å²) in [7, 11) is 0. The summed E-state index contributed by atoms with van der Waals surface area (Å²) in [5, 5.41) is 7.26. The van der Waals surface area contributed by atoms with Crippen molar-refractivity contribution in [1.29, 1.82) is 0 Å². The molecule has 2 aliphatic heterocycles. The highest BCUT2D eigenvalue weighted by atomic mass is 16.2. The Hall–Kier alpha value is -2.67. The third-order valence-electron chi connectivity index (χ3n) is 5.23. The summed E-state index contributed by atoms with van der Waals surface area (Å²) in [5.41, 5.74) is 1.90. The van der Waals surface area contributed by atoms with Gasteiger partial charge in [0.25, 0.3) is 11.8 Å². The molecule has 0 radical (unpaired) electrons. The smallest absolute Gasteiger partial charge is 0.272 e. The van der Waals surface area contributed by atoms with Crippen molar-refractivity contribution in [2.24, 2.45) is 0 Å². The summed E-state index contributed by atoms with van der Waals surface area (Å²) < 4.78 is 1.65. The molecule has 0 aliphatic carbocycles. The van der Waals surface area contributed by atoms with E-state index >= 15 is 0 Å². The lowest BCUT2D eigenvalue weighted by Crippen LogP contribution is -2.39. The van der Waals surface area contributed by atoms with Gasteiger partial charge in [-0.05, 0) is 31.5 Å². The zero-order valence-corrected chi connectivity index (χ0v) is 15.4. The first-order valence-corrected chi connectivity index (χ1v) is 9.62. The van der Waals surface area contributed by atoms with Gasteiger partial charge in [0.05, 0.1) is 6.54 Å². The van der Waals surface area contributed by atoms with Crippen LogP contribution in [0.25, 0.3) is 0 Å². The van der Waals surface area contributed by atoms with Crippen LogP contribution < -0.4 is 5.32 Å². The Morgan fingerprint density at radius 3 is 2.63 bits per heavy atom. The average Bonchev–Trinajstić information content (AvgIpc) is 3.35. The normalized spacial score (nSPS) is 17.2. The first-order chi connectivity index (χ1) is 13.2. The molecule has 3 heterocycles. The van der Waals surface area contributed by atoms with Gasteiger partial charge in [-0.15, -0.1) is 0 Å². The summed E-state index contributed by atoms with van der Waals surface area (Å²) in [6, 6.07) is 11.5. The minimum atomic E-state index is -0.210. The van der Waals surface area contributed by atoms with Crippen molar-refractivity contribution >= 4 is 11.8 Å². The van der Waals surface area contributed by atoms with Crippen molar-refractivity contribution in [3.63, 3.8) is 0 Å². The fraction of sp³-hybridized carbons (Fsp3) is 0.450. The number of amides is 2. The van der Waals surface area contributed by atoms with Crippen LogP contribution >= 0.6 is 0 Å². The zero-order valence-electron chi connectivity index (χ0n) is 15.4. The van der Waals surface area contributed by atoms with Gasteiger partial charge in [0.2, 0.25) is 0 Å². The van der Waals surface area contributed by atoms with E-state index in [4.69, 9.17) is 0 Å². The monoisotopic (exact) mass is 367 g/mol. The summed E-state index contributed by atoms with van der Waals surface area (Å²) in [6.07, 6.45) is 2.48. The largest absolute Gasteiger partial charge is 0.349 e. The van der Waals surface area contributed by atoms with Gasteiger partial charge < -0.3 is 15.1 Å². The Kier molecular flexibility index (Phi) is 5.20. The lowest BCUT2D eigenvalue weighted by atomic mass is 10.2. The van der Waals surface area contributed by atoms with Crippen molar-refractivity contribution in [2.45, 2.75) is 25.9 Å². The molecule has 2 aromatic rings. The van der Waals surface area contributed by atoms with E-state index in [0.717, 1.165) is 25.2 Å². The van der Waals surface area contributed by atoms with E-state index in [0.29, 0.717) is 37.6 Å². The van der Waals surface area contributed by atoms with Gasteiger partial charge in [0.1, 0.15) is 5.69 Å². The minimum Gasteiger partial charge on any atom is -0.349 e. The summed E-state index contributed by atoms with van der Waals surface area (Å²) in [4.78, 5) is 29.3. The van der Waals surface area contributed by atoms with E-state index in [1.165, 1.54) is 12.8 Å². The lowest BCUT2D eigenvalue weighted by Gasteiger charge is -2.27. The van der Waals surface area contributed by atoms with E-state index in [-0.39, 0.29) is 11.8 Å². The van der Waals surface area contributed by atoms with Gasteiger partial charge in [-0.25, -0.2) is 0 Å². The van der Waals surface area contributed by atoms with Gasteiger partial charge in [0.15, 0.2) is 5.69 Å². The Morgan fingerprint density at radius 1 is 1.07 bits per heavy atom. The van der Waals surface area contributed by atoms with Gasteiger partial charge in [-0.3, -0.25) is 14.3 Å². The van der Waals surface area contributed by atoms with Crippen LogP contribution in [0.15, 0.2) is 36.4 Å². The first-order valence-electron chi connectivity index (χ1n) is 9.62. The molecule has 0 atom stereocenters. The molecule has 1 N–H and O–H groups in total. The number of likely N-dealkylation sites (tertiary alicyclic amines) is 1. The Balaban J connectivity index is 1.37. The van der Waals surface area contributed by atoms with E-state index < -0.39 is 0 Å². The number of rotatable bonds is 6. The van der Waals surface area contributed by atoms with Crippen molar-refractivity contribution in [1.82, 2.24) is 24.9 Å². The molecule has 2 aliphatic rings. The fourth-order valence-electron chi connectivity index (χ4n) is 3.73. The van der Waals surface area contributed by atoms with Crippen LogP contribution in [0, 0.1) is 0 Å². The Morgan fingerprint density at radius 2 is 1.85 bits per heavy atom. The van der Waals surface area contributed by atoms with E-state index in [1.807, 2.05) is 30.3 Å². The van der Waals surface area contributed by atoms with Crippen molar-refractivity contribution in [3.8, 4) is 0 Å². The third kappa shape index (κ3) is 4.03. The standard InChI is InChI=1S/C20H25N5O2/c26-19(21-8-11-23-9-4-5-10-23)17-14-18-20(27)24(12-13-25(18)22-17)15-16-6-2-1-3-7-16/h1-3,6-7,14H,4-5,8-13,15H2,(H,21,26). The minimum absolute atomic E-state index is 0.0753. The van der Waals surface area contributed by atoms with Crippen LogP contribution in [-0.4, -0.2) is 64.1 Å². The number of hydrogen-bond donors (Lipinski definition) is 1. The second kappa shape index (κ2) is 7.92. The molecule has 7 nitrogen and oxygen atoms in total. The number of nitrogens with zero attached hydrogens (tertiary/aromatic N) is 4. The fourth-order valence-corrected chi connectivity index (χ4v) is 3.73. The number of fused-ring (bicyclic) bond motifs is 1. The number of benzene rings is 1. The maximum atomic E-state index is 12.8. The topological polar surface area (TPSA) is 70.5 Å². The number of hydrogen-bond acceptors (Lipinski definition) is 4.